The summed E-state index contributed by atoms with van der Waals surface area (Å²) >= 11 is 14.2. The maximum absolute atomic E-state index is 12.0. The second-order valence-corrected chi connectivity index (χ2v) is 8.61. The lowest BCUT2D eigenvalue weighted by atomic mass is 10.1. The van der Waals surface area contributed by atoms with Crippen LogP contribution < -0.4 is 22.1 Å². The van der Waals surface area contributed by atoms with Crippen LogP contribution in [0.5, 0.6) is 0 Å². The minimum Gasteiger partial charge on any atom is -0.289 e. The van der Waals surface area contributed by atoms with Gasteiger partial charge in [0, 0.05) is 0 Å². The van der Waals surface area contributed by atoms with Crippen molar-refractivity contribution in [3.8, 4) is 0 Å². The Morgan fingerprint density at radius 3 is 1.86 bits per heavy atom. The number of nitrogens with one attached hydrogen (secondary N) is 3. The smallest absolute Gasteiger partial charge is 0.289 e. The number of aromatic nitrogens is 4. The van der Waals surface area contributed by atoms with Gasteiger partial charge in [-0.25, -0.2) is 25.8 Å². The molecule has 0 radical (unpaired) electrons. The monoisotopic (exact) mass is 554 g/mol. The lowest BCUT2D eigenvalue weighted by Crippen LogP contribution is -2.42. The summed E-state index contributed by atoms with van der Waals surface area (Å²) in [4.78, 5) is 50.5. The van der Waals surface area contributed by atoms with Crippen molar-refractivity contribution in [2.45, 2.75) is 16.7 Å². The van der Waals surface area contributed by atoms with Gasteiger partial charge in [0.2, 0.25) is 5.91 Å². The van der Waals surface area contributed by atoms with Crippen molar-refractivity contribution in [2.24, 2.45) is 5.84 Å². The molecule has 11 nitrogen and oxygen atoms in total. The minimum absolute atomic E-state index is 0.0148. The van der Waals surface area contributed by atoms with Crippen molar-refractivity contribution in [1.29, 1.82) is 0 Å². The Bertz CT molecular complexity index is 1190. The average Bonchev–Trinajstić information content (AvgIpc) is 2.88. The van der Waals surface area contributed by atoms with Crippen LogP contribution in [-0.2, 0) is 11.2 Å². The van der Waals surface area contributed by atoms with Gasteiger partial charge in [-0.3, -0.25) is 30.7 Å². The predicted molar refractivity (Wildman–Crippen MR) is 135 cm³/mol. The first kappa shape index (κ1) is 28.3. The standard InChI is InChI=1S/C14H13ClN4O2S.C6H7ClN4OS/c1-22-14-16-8-10(15)12(17-14)13(21)19-18-11(20)7-9-5-3-2-4-6-9;1-13-6-9-2-3(7)4(10-6)5(12)11-8/h2-6,8H,7H2,1H3,(H,18,20)(H,19,21);2H,8H2,1H3,(H,11,12). The largest absolute Gasteiger partial charge is 0.289 e. The van der Waals surface area contributed by atoms with Crippen LogP contribution in [0, 0.1) is 0 Å². The highest BCUT2D eigenvalue weighted by atomic mass is 35.5. The molecule has 0 spiro atoms. The molecule has 0 fully saturated rings. The Balaban J connectivity index is 0.000000283. The van der Waals surface area contributed by atoms with Crippen LogP contribution in [0.3, 0.4) is 0 Å². The number of nitrogens with two attached hydrogens (primary N) is 1. The minimum atomic E-state index is -0.593. The molecule has 0 saturated carbocycles. The molecule has 1 aromatic carbocycles. The summed E-state index contributed by atoms with van der Waals surface area (Å²) < 4.78 is 0. The van der Waals surface area contributed by atoms with Crippen molar-refractivity contribution in [2.75, 3.05) is 12.5 Å². The van der Waals surface area contributed by atoms with E-state index in [4.69, 9.17) is 29.0 Å². The number of nitrogens with zero attached hydrogens (tertiary/aromatic N) is 4. The second-order valence-electron chi connectivity index (χ2n) is 6.24. The third kappa shape index (κ3) is 8.96. The number of hydrazine groups is 2. The van der Waals surface area contributed by atoms with Crippen molar-refractivity contribution in [3.05, 3.63) is 69.7 Å². The normalized spacial score (nSPS) is 9.97. The predicted octanol–water partition coefficient (Wildman–Crippen LogP) is 2.31. The molecule has 3 rings (SSSR count). The summed E-state index contributed by atoms with van der Waals surface area (Å²) in [5, 5.41) is 1.20. The van der Waals surface area contributed by atoms with Crippen molar-refractivity contribution in [3.63, 3.8) is 0 Å². The maximum Gasteiger partial charge on any atom is 0.289 e. The molecule has 0 aliphatic heterocycles. The van der Waals surface area contributed by atoms with Crippen LogP contribution in [0.1, 0.15) is 26.5 Å². The lowest BCUT2D eigenvalue weighted by Gasteiger charge is -2.08. The number of carbonyl (C=O) groups excluding carboxylic acids is 3. The summed E-state index contributed by atoms with van der Waals surface area (Å²) in [6.07, 6.45) is 6.46. The van der Waals surface area contributed by atoms with Crippen molar-refractivity contribution in [1.82, 2.24) is 36.2 Å². The Morgan fingerprint density at radius 1 is 0.857 bits per heavy atom. The topological polar surface area (TPSA) is 165 Å². The molecule has 0 aliphatic carbocycles. The van der Waals surface area contributed by atoms with Crippen LogP contribution in [-0.4, -0.2) is 50.2 Å². The first-order valence-electron chi connectivity index (χ1n) is 9.56. The third-order valence-corrected chi connectivity index (χ3v) is 5.57. The molecule has 0 unspecified atom stereocenters. The number of halogens is 2. The highest BCUT2D eigenvalue weighted by Gasteiger charge is 2.15. The molecule has 3 aromatic rings. The fourth-order valence-electron chi connectivity index (χ4n) is 2.30. The summed E-state index contributed by atoms with van der Waals surface area (Å²) in [5.41, 5.74) is 7.52. The zero-order chi connectivity index (χ0) is 25.8. The van der Waals surface area contributed by atoms with E-state index in [9.17, 15) is 14.4 Å². The van der Waals surface area contributed by atoms with E-state index in [0.717, 1.165) is 5.56 Å². The third-order valence-electron chi connectivity index (χ3n) is 3.89. The van der Waals surface area contributed by atoms with Gasteiger partial charge >= 0.3 is 0 Å². The SMILES string of the molecule is CSc1ncc(Cl)c(C(=O)NN)n1.CSc1ncc(Cl)c(C(=O)NNC(=O)Cc2ccccc2)n1. The van der Waals surface area contributed by atoms with Crippen molar-refractivity contribution < 1.29 is 14.4 Å². The zero-order valence-electron chi connectivity index (χ0n) is 18.4. The Labute approximate surface area is 219 Å². The molecule has 2 heterocycles. The molecule has 0 saturated heterocycles. The van der Waals surface area contributed by atoms with E-state index in [2.05, 4.69) is 30.8 Å². The molecule has 2 aromatic heterocycles. The molecule has 35 heavy (non-hydrogen) atoms. The van der Waals surface area contributed by atoms with Gasteiger partial charge in [0.15, 0.2) is 21.7 Å². The van der Waals surface area contributed by atoms with Gasteiger partial charge in [0.1, 0.15) is 0 Å². The van der Waals surface area contributed by atoms with E-state index in [1.165, 1.54) is 35.9 Å². The summed E-state index contributed by atoms with van der Waals surface area (Å²) in [6.45, 7) is 0. The number of thioether (sulfide) groups is 2. The summed E-state index contributed by atoms with van der Waals surface area (Å²) in [7, 11) is 0. The Kier molecular flexibility index (Phi) is 11.7. The highest BCUT2D eigenvalue weighted by Crippen LogP contribution is 2.17. The molecule has 184 valence electrons. The summed E-state index contributed by atoms with van der Waals surface area (Å²) in [6, 6.07) is 9.20. The molecule has 3 amide bonds. The Hall–Kier alpha value is -2.97. The van der Waals surface area contributed by atoms with E-state index in [-0.39, 0.29) is 33.8 Å². The number of hydrogen-bond acceptors (Lipinski definition) is 10. The molecular weight excluding hydrogens is 535 g/mol. The number of rotatable bonds is 6. The number of amides is 3. The molecule has 15 heteroatoms. The van der Waals surface area contributed by atoms with Gasteiger partial charge in [-0.2, -0.15) is 0 Å². The van der Waals surface area contributed by atoms with Gasteiger partial charge in [-0.1, -0.05) is 77.1 Å². The van der Waals surface area contributed by atoms with E-state index in [0.29, 0.717) is 10.3 Å². The van der Waals surface area contributed by atoms with Gasteiger partial charge in [-0.05, 0) is 18.1 Å². The van der Waals surface area contributed by atoms with Gasteiger partial charge in [0.25, 0.3) is 11.8 Å². The van der Waals surface area contributed by atoms with Crippen LogP contribution in [0.4, 0.5) is 0 Å². The summed E-state index contributed by atoms with van der Waals surface area (Å²) in [5.74, 6) is 3.48. The van der Waals surface area contributed by atoms with Crippen LogP contribution in [0.2, 0.25) is 10.0 Å². The average molecular weight is 555 g/mol. The maximum atomic E-state index is 12.0. The molecule has 0 atom stereocenters. The first-order chi connectivity index (χ1) is 16.8. The zero-order valence-corrected chi connectivity index (χ0v) is 21.6. The number of benzene rings is 1. The van der Waals surface area contributed by atoms with Gasteiger partial charge in [-0.15, -0.1) is 0 Å². The van der Waals surface area contributed by atoms with E-state index in [1.807, 2.05) is 35.8 Å². The highest BCUT2D eigenvalue weighted by molar-refractivity contribution is 7.98. The fourth-order valence-corrected chi connectivity index (χ4v) is 3.33. The first-order valence-corrected chi connectivity index (χ1v) is 12.8. The van der Waals surface area contributed by atoms with E-state index < -0.39 is 11.8 Å². The second kappa shape index (κ2) is 14.4. The number of nitrogen functional groups attached to an aromatic ring is 1. The molecule has 0 bridgehead atoms. The lowest BCUT2D eigenvalue weighted by molar-refractivity contribution is -0.121. The van der Waals surface area contributed by atoms with Gasteiger partial charge < -0.3 is 0 Å². The van der Waals surface area contributed by atoms with Crippen LogP contribution >= 0.6 is 46.7 Å². The molecule has 5 N–H and O–H groups in total. The van der Waals surface area contributed by atoms with Gasteiger partial charge in [0.05, 0.1) is 28.9 Å². The molecular formula is C20H20Cl2N8O3S2. The van der Waals surface area contributed by atoms with Crippen LogP contribution in [0.15, 0.2) is 53.0 Å². The van der Waals surface area contributed by atoms with Crippen LogP contribution in [0.25, 0.3) is 0 Å². The van der Waals surface area contributed by atoms with E-state index >= 15 is 0 Å². The fraction of sp³-hybridized carbons (Fsp3) is 0.150. The molecule has 0 aliphatic rings. The quantitative estimate of drug-likeness (QED) is 0.117. The Morgan fingerprint density at radius 2 is 1.37 bits per heavy atom. The number of hydrogen-bond donors (Lipinski definition) is 4. The number of carbonyl (C=O) groups is 3. The van der Waals surface area contributed by atoms with E-state index in [1.54, 1.807) is 12.5 Å². The van der Waals surface area contributed by atoms with Crippen molar-refractivity contribution >= 4 is 64.4 Å².